The standard InChI is InChI=1S/C18H17N5O2S/c1-12-6-7-17(25)23(21-12)11-16(24)19-14-5-3-2-4-13(14)15-10-22-8-9-26-18(22)20-15/h2-7,10H,8-9,11H2,1H3,(H,19,24). The van der Waals surface area contributed by atoms with E-state index in [1.165, 1.54) is 6.07 Å². The summed E-state index contributed by atoms with van der Waals surface area (Å²) in [6, 6.07) is 10.6. The molecule has 0 radical (unpaired) electrons. The molecule has 26 heavy (non-hydrogen) atoms. The number of amides is 1. The van der Waals surface area contributed by atoms with Gasteiger partial charge in [-0.05, 0) is 19.1 Å². The van der Waals surface area contributed by atoms with Gasteiger partial charge in [-0.25, -0.2) is 9.67 Å². The molecule has 132 valence electrons. The second-order valence-corrected chi connectivity index (χ2v) is 7.08. The maximum Gasteiger partial charge on any atom is 0.267 e. The summed E-state index contributed by atoms with van der Waals surface area (Å²) < 4.78 is 3.28. The third-order valence-corrected chi connectivity index (χ3v) is 5.04. The summed E-state index contributed by atoms with van der Waals surface area (Å²) in [7, 11) is 0. The first-order chi connectivity index (χ1) is 12.6. The van der Waals surface area contributed by atoms with Gasteiger partial charge in [0.25, 0.3) is 5.56 Å². The predicted octanol–water partition coefficient (Wildman–Crippen LogP) is 2.16. The van der Waals surface area contributed by atoms with Crippen LogP contribution in [0.15, 0.2) is 52.5 Å². The number of para-hydroxylation sites is 1. The van der Waals surface area contributed by atoms with E-state index in [4.69, 9.17) is 0 Å². The number of aromatic nitrogens is 4. The van der Waals surface area contributed by atoms with Crippen LogP contribution in [0.1, 0.15) is 5.69 Å². The van der Waals surface area contributed by atoms with Crippen LogP contribution < -0.4 is 10.9 Å². The Morgan fingerprint density at radius 2 is 2.12 bits per heavy atom. The fraction of sp³-hybridized carbons (Fsp3) is 0.222. The van der Waals surface area contributed by atoms with Crippen molar-refractivity contribution in [2.24, 2.45) is 0 Å². The molecular formula is C18H17N5O2S. The summed E-state index contributed by atoms with van der Waals surface area (Å²) in [5, 5.41) is 7.96. The molecule has 0 aliphatic carbocycles. The van der Waals surface area contributed by atoms with Crippen LogP contribution in [0.4, 0.5) is 5.69 Å². The van der Waals surface area contributed by atoms with E-state index in [2.05, 4.69) is 20.0 Å². The van der Waals surface area contributed by atoms with Gasteiger partial charge in [0.15, 0.2) is 5.16 Å². The van der Waals surface area contributed by atoms with Gasteiger partial charge in [-0.1, -0.05) is 30.0 Å². The number of carbonyl (C=O) groups is 1. The van der Waals surface area contributed by atoms with Crippen LogP contribution >= 0.6 is 11.8 Å². The average molecular weight is 367 g/mol. The molecule has 0 spiro atoms. The first kappa shape index (κ1) is 16.6. The molecule has 0 saturated carbocycles. The van der Waals surface area contributed by atoms with Gasteiger partial charge in [0.05, 0.1) is 17.1 Å². The Balaban J connectivity index is 1.57. The highest BCUT2D eigenvalue weighted by atomic mass is 32.2. The molecule has 8 heteroatoms. The predicted molar refractivity (Wildman–Crippen MR) is 100 cm³/mol. The number of rotatable bonds is 4. The molecule has 4 rings (SSSR count). The number of thioether (sulfide) groups is 1. The average Bonchev–Trinajstić information content (AvgIpc) is 3.20. The van der Waals surface area contributed by atoms with Crippen LogP contribution in [0.2, 0.25) is 0 Å². The molecule has 0 unspecified atom stereocenters. The number of anilines is 1. The number of hydrogen-bond donors (Lipinski definition) is 1. The molecule has 2 aromatic heterocycles. The lowest BCUT2D eigenvalue weighted by Gasteiger charge is -2.10. The summed E-state index contributed by atoms with van der Waals surface area (Å²) >= 11 is 1.73. The number of aryl methyl sites for hydroxylation is 2. The maximum absolute atomic E-state index is 12.4. The van der Waals surface area contributed by atoms with E-state index in [1.807, 2.05) is 30.5 Å². The minimum Gasteiger partial charge on any atom is -0.325 e. The summed E-state index contributed by atoms with van der Waals surface area (Å²) in [6.07, 6.45) is 2.01. The monoisotopic (exact) mass is 367 g/mol. The van der Waals surface area contributed by atoms with E-state index in [1.54, 1.807) is 24.8 Å². The first-order valence-corrected chi connectivity index (χ1v) is 9.23. The Kier molecular flexibility index (Phi) is 4.34. The largest absolute Gasteiger partial charge is 0.325 e. The molecule has 1 aliphatic rings. The molecule has 1 aromatic carbocycles. The Morgan fingerprint density at radius 1 is 1.27 bits per heavy atom. The van der Waals surface area contributed by atoms with Crippen molar-refractivity contribution in [2.45, 2.75) is 25.2 Å². The van der Waals surface area contributed by atoms with Gasteiger partial charge in [-0.3, -0.25) is 9.59 Å². The summed E-state index contributed by atoms with van der Waals surface area (Å²) in [5.74, 6) is 0.734. The molecule has 0 saturated heterocycles. The van der Waals surface area contributed by atoms with Gasteiger partial charge in [-0.15, -0.1) is 0 Å². The molecule has 0 bridgehead atoms. The maximum atomic E-state index is 12.4. The number of hydrogen-bond acceptors (Lipinski definition) is 5. The van der Waals surface area contributed by atoms with Crippen molar-refractivity contribution >= 4 is 23.4 Å². The Bertz CT molecular complexity index is 1020. The van der Waals surface area contributed by atoms with E-state index in [0.29, 0.717) is 11.4 Å². The second-order valence-electron chi connectivity index (χ2n) is 6.01. The summed E-state index contributed by atoms with van der Waals surface area (Å²) in [4.78, 5) is 28.9. The molecule has 0 atom stereocenters. The van der Waals surface area contributed by atoms with E-state index >= 15 is 0 Å². The van der Waals surface area contributed by atoms with Gasteiger partial charge in [-0.2, -0.15) is 5.10 Å². The van der Waals surface area contributed by atoms with Gasteiger partial charge in [0.1, 0.15) is 6.54 Å². The smallest absolute Gasteiger partial charge is 0.267 e. The Hall–Kier alpha value is -2.87. The molecule has 1 N–H and O–H groups in total. The van der Waals surface area contributed by atoms with Crippen LogP contribution in [-0.4, -0.2) is 31.0 Å². The quantitative estimate of drug-likeness (QED) is 0.764. The summed E-state index contributed by atoms with van der Waals surface area (Å²) in [6.45, 7) is 2.59. The van der Waals surface area contributed by atoms with Gasteiger partial charge < -0.3 is 9.88 Å². The van der Waals surface area contributed by atoms with Crippen LogP contribution in [0.3, 0.4) is 0 Å². The minimum atomic E-state index is -0.307. The van der Waals surface area contributed by atoms with Crippen LogP contribution in [0.5, 0.6) is 0 Å². The molecular weight excluding hydrogens is 350 g/mol. The third kappa shape index (κ3) is 3.28. The number of nitrogens with one attached hydrogen (secondary N) is 1. The van der Waals surface area contributed by atoms with E-state index < -0.39 is 0 Å². The first-order valence-electron chi connectivity index (χ1n) is 8.24. The zero-order chi connectivity index (χ0) is 18.1. The van der Waals surface area contributed by atoms with Gasteiger partial charge >= 0.3 is 0 Å². The van der Waals surface area contributed by atoms with E-state index in [9.17, 15) is 9.59 Å². The van der Waals surface area contributed by atoms with Crippen molar-refractivity contribution < 1.29 is 4.79 Å². The fourth-order valence-corrected chi connectivity index (χ4v) is 3.79. The third-order valence-electron chi connectivity index (χ3n) is 4.07. The molecule has 3 heterocycles. The fourth-order valence-electron chi connectivity index (χ4n) is 2.84. The van der Waals surface area contributed by atoms with Crippen molar-refractivity contribution in [1.82, 2.24) is 19.3 Å². The van der Waals surface area contributed by atoms with Gasteiger partial charge in [0, 0.05) is 30.1 Å². The lowest BCUT2D eigenvalue weighted by atomic mass is 10.1. The van der Waals surface area contributed by atoms with Crippen molar-refractivity contribution in [3.05, 3.63) is 58.6 Å². The molecule has 1 aliphatic heterocycles. The highest BCUT2D eigenvalue weighted by Crippen LogP contribution is 2.32. The lowest BCUT2D eigenvalue weighted by molar-refractivity contribution is -0.117. The normalized spacial score (nSPS) is 12.8. The number of carbonyl (C=O) groups excluding carboxylic acids is 1. The number of nitrogens with zero attached hydrogens (tertiary/aromatic N) is 4. The SMILES string of the molecule is Cc1ccc(=O)n(CC(=O)Nc2ccccc2-c2cn3c(n2)SCC3)n1. The zero-order valence-corrected chi connectivity index (χ0v) is 15.0. The summed E-state index contributed by atoms with van der Waals surface area (Å²) in [5.41, 5.74) is 2.73. The minimum absolute atomic E-state index is 0.135. The van der Waals surface area contributed by atoms with Gasteiger partial charge in [0.2, 0.25) is 5.91 Å². The lowest BCUT2D eigenvalue weighted by Crippen LogP contribution is -2.29. The van der Waals surface area contributed by atoms with Crippen molar-refractivity contribution in [1.29, 1.82) is 0 Å². The van der Waals surface area contributed by atoms with Crippen LogP contribution in [0, 0.1) is 6.92 Å². The molecule has 7 nitrogen and oxygen atoms in total. The van der Waals surface area contributed by atoms with Crippen molar-refractivity contribution in [3.8, 4) is 11.3 Å². The number of benzene rings is 1. The number of fused-ring (bicyclic) bond motifs is 1. The Morgan fingerprint density at radius 3 is 2.96 bits per heavy atom. The van der Waals surface area contributed by atoms with E-state index in [-0.39, 0.29) is 18.0 Å². The molecule has 0 fully saturated rings. The zero-order valence-electron chi connectivity index (χ0n) is 14.2. The van der Waals surface area contributed by atoms with E-state index in [0.717, 1.165) is 33.4 Å². The number of imidazole rings is 1. The van der Waals surface area contributed by atoms with Crippen LogP contribution in [0.25, 0.3) is 11.3 Å². The Labute approximate surface area is 154 Å². The molecule has 3 aromatic rings. The van der Waals surface area contributed by atoms with Crippen molar-refractivity contribution in [3.63, 3.8) is 0 Å². The molecule has 1 amide bonds. The highest BCUT2D eigenvalue weighted by molar-refractivity contribution is 7.99. The highest BCUT2D eigenvalue weighted by Gasteiger charge is 2.17. The van der Waals surface area contributed by atoms with Crippen LogP contribution in [-0.2, 0) is 17.9 Å². The van der Waals surface area contributed by atoms with Crippen molar-refractivity contribution in [2.75, 3.05) is 11.1 Å². The topological polar surface area (TPSA) is 81.8 Å². The second kappa shape index (κ2) is 6.80.